The van der Waals surface area contributed by atoms with Crippen LogP contribution in [0.5, 0.6) is 0 Å². The molecule has 0 aliphatic rings. The van der Waals surface area contributed by atoms with Crippen molar-refractivity contribution in [2.24, 2.45) is 0 Å². The maximum Gasteiger partial charge on any atom is 0.137 e. The molecule has 0 saturated carbocycles. The number of aryl methyl sites for hydroxylation is 3. The number of nitrogens with one attached hydrogen (secondary N) is 1. The Kier molecular flexibility index (Phi) is 3.28. The van der Waals surface area contributed by atoms with Gasteiger partial charge in [0.2, 0.25) is 0 Å². The molecule has 0 spiro atoms. The Labute approximate surface area is 116 Å². The molecule has 3 rings (SSSR count). The first-order valence-corrected chi connectivity index (χ1v) is 6.55. The minimum Gasteiger partial charge on any atom is -0.284 e. The van der Waals surface area contributed by atoms with Gasteiger partial charge in [0.25, 0.3) is 0 Å². The van der Waals surface area contributed by atoms with Crippen molar-refractivity contribution in [1.82, 2.24) is 29.9 Å². The summed E-state index contributed by atoms with van der Waals surface area (Å²) in [7, 11) is 0. The molecule has 6 heteroatoms. The fourth-order valence-electron chi connectivity index (χ4n) is 2.32. The van der Waals surface area contributed by atoms with Crippen molar-refractivity contribution in [1.29, 1.82) is 0 Å². The van der Waals surface area contributed by atoms with Crippen molar-refractivity contribution < 1.29 is 0 Å². The Morgan fingerprint density at radius 3 is 2.85 bits per heavy atom. The highest BCUT2D eigenvalue weighted by molar-refractivity contribution is 5.29. The molecule has 0 unspecified atom stereocenters. The molecule has 0 fully saturated rings. The minimum absolute atomic E-state index is 0.816. The van der Waals surface area contributed by atoms with Crippen LogP contribution < -0.4 is 0 Å². The van der Waals surface area contributed by atoms with Crippen LogP contribution in [0.4, 0.5) is 0 Å². The molecule has 102 valence electrons. The molecule has 20 heavy (non-hydrogen) atoms. The van der Waals surface area contributed by atoms with Crippen molar-refractivity contribution in [2.45, 2.75) is 26.7 Å². The van der Waals surface area contributed by atoms with Crippen molar-refractivity contribution in [3.8, 4) is 5.69 Å². The van der Waals surface area contributed by atoms with Crippen molar-refractivity contribution in [2.75, 3.05) is 0 Å². The number of aromatic nitrogens is 6. The summed E-state index contributed by atoms with van der Waals surface area (Å²) in [6, 6.07) is 3.90. The van der Waals surface area contributed by atoms with Crippen LogP contribution in [0.25, 0.3) is 5.69 Å². The van der Waals surface area contributed by atoms with Gasteiger partial charge in [-0.3, -0.25) is 14.6 Å². The van der Waals surface area contributed by atoms with Crippen LogP contribution in [0.3, 0.4) is 0 Å². The van der Waals surface area contributed by atoms with Gasteiger partial charge in [-0.05, 0) is 38.0 Å². The topological polar surface area (TPSA) is 72.3 Å². The number of pyridine rings is 1. The first kappa shape index (κ1) is 12.5. The average Bonchev–Trinajstić information content (AvgIpc) is 3.06. The summed E-state index contributed by atoms with van der Waals surface area (Å²) in [5, 5.41) is 15.4. The monoisotopic (exact) mass is 268 g/mol. The Bertz CT molecular complexity index is 678. The van der Waals surface area contributed by atoms with Gasteiger partial charge in [0.15, 0.2) is 0 Å². The number of hydrogen-bond acceptors (Lipinski definition) is 4. The zero-order chi connectivity index (χ0) is 13.9. The second-order valence-electron chi connectivity index (χ2n) is 4.74. The van der Waals surface area contributed by atoms with Gasteiger partial charge < -0.3 is 0 Å². The first-order chi connectivity index (χ1) is 9.75. The van der Waals surface area contributed by atoms with Gasteiger partial charge in [-0.1, -0.05) is 0 Å². The summed E-state index contributed by atoms with van der Waals surface area (Å²) in [6.07, 6.45) is 7.00. The second-order valence-corrected chi connectivity index (χ2v) is 4.74. The third-order valence-corrected chi connectivity index (χ3v) is 3.42. The lowest BCUT2D eigenvalue weighted by Gasteiger charge is -2.06. The van der Waals surface area contributed by atoms with E-state index in [0.717, 1.165) is 35.7 Å². The Balaban J connectivity index is 1.81. The summed E-state index contributed by atoms with van der Waals surface area (Å²) in [4.78, 5) is 4.13. The zero-order valence-corrected chi connectivity index (χ0v) is 11.5. The smallest absolute Gasteiger partial charge is 0.137 e. The standard InChI is InChI=1S/C14H16N6/c1-10-13(11(2)18-17-10)5-6-14-19-16-9-20(14)12-4-3-7-15-8-12/h3-4,7-9H,5-6H2,1-2H3,(H,17,18). The van der Waals surface area contributed by atoms with Gasteiger partial charge in [0, 0.05) is 18.3 Å². The highest BCUT2D eigenvalue weighted by atomic mass is 15.3. The van der Waals surface area contributed by atoms with E-state index in [1.807, 2.05) is 30.5 Å². The van der Waals surface area contributed by atoms with E-state index in [1.54, 1.807) is 18.7 Å². The van der Waals surface area contributed by atoms with Crippen molar-refractivity contribution >= 4 is 0 Å². The zero-order valence-electron chi connectivity index (χ0n) is 11.5. The lowest BCUT2D eigenvalue weighted by atomic mass is 10.1. The Morgan fingerprint density at radius 1 is 1.25 bits per heavy atom. The Hall–Kier alpha value is -2.50. The lowest BCUT2D eigenvalue weighted by Crippen LogP contribution is -2.03. The minimum atomic E-state index is 0.816. The van der Waals surface area contributed by atoms with E-state index >= 15 is 0 Å². The molecule has 0 aliphatic carbocycles. The van der Waals surface area contributed by atoms with Gasteiger partial charge >= 0.3 is 0 Å². The van der Waals surface area contributed by atoms with E-state index in [4.69, 9.17) is 0 Å². The van der Waals surface area contributed by atoms with E-state index in [9.17, 15) is 0 Å². The molecule has 6 nitrogen and oxygen atoms in total. The number of rotatable bonds is 4. The molecule has 0 radical (unpaired) electrons. The fourth-order valence-corrected chi connectivity index (χ4v) is 2.32. The van der Waals surface area contributed by atoms with E-state index < -0.39 is 0 Å². The van der Waals surface area contributed by atoms with Crippen LogP contribution in [-0.4, -0.2) is 29.9 Å². The summed E-state index contributed by atoms with van der Waals surface area (Å²) < 4.78 is 1.97. The summed E-state index contributed by atoms with van der Waals surface area (Å²) >= 11 is 0. The van der Waals surface area contributed by atoms with Gasteiger partial charge in [-0.15, -0.1) is 10.2 Å². The fraction of sp³-hybridized carbons (Fsp3) is 0.286. The maximum absolute atomic E-state index is 4.22. The molecule has 0 amide bonds. The summed E-state index contributed by atoms with van der Waals surface area (Å²) in [5.74, 6) is 0.929. The van der Waals surface area contributed by atoms with Crippen LogP contribution in [-0.2, 0) is 12.8 Å². The van der Waals surface area contributed by atoms with Crippen LogP contribution in [0, 0.1) is 13.8 Å². The average molecular weight is 268 g/mol. The van der Waals surface area contributed by atoms with E-state index in [0.29, 0.717) is 0 Å². The molecule has 1 N–H and O–H groups in total. The van der Waals surface area contributed by atoms with Gasteiger partial charge in [-0.2, -0.15) is 5.10 Å². The highest BCUT2D eigenvalue weighted by Gasteiger charge is 2.10. The van der Waals surface area contributed by atoms with E-state index in [-0.39, 0.29) is 0 Å². The van der Waals surface area contributed by atoms with Crippen LogP contribution in [0.2, 0.25) is 0 Å². The van der Waals surface area contributed by atoms with Crippen LogP contribution in [0.15, 0.2) is 30.9 Å². The molecule has 0 aromatic carbocycles. The normalized spacial score (nSPS) is 10.9. The molecule has 0 bridgehead atoms. The number of nitrogens with zero attached hydrogens (tertiary/aromatic N) is 5. The van der Waals surface area contributed by atoms with Gasteiger partial charge in [0.05, 0.1) is 17.6 Å². The quantitative estimate of drug-likeness (QED) is 0.783. The third-order valence-electron chi connectivity index (χ3n) is 3.42. The number of aromatic amines is 1. The Morgan fingerprint density at radius 2 is 2.15 bits per heavy atom. The molecule has 0 atom stereocenters. The predicted octanol–water partition coefficient (Wildman–Crippen LogP) is 1.79. The molecule has 3 heterocycles. The number of H-pyrrole nitrogens is 1. The van der Waals surface area contributed by atoms with Gasteiger partial charge in [0.1, 0.15) is 12.2 Å². The largest absolute Gasteiger partial charge is 0.284 e. The molecule has 3 aromatic rings. The van der Waals surface area contributed by atoms with Crippen LogP contribution >= 0.6 is 0 Å². The molecular formula is C14H16N6. The van der Waals surface area contributed by atoms with E-state index in [1.165, 1.54) is 5.56 Å². The number of hydrogen-bond donors (Lipinski definition) is 1. The lowest BCUT2D eigenvalue weighted by molar-refractivity contribution is 0.813. The maximum atomic E-state index is 4.22. The SMILES string of the molecule is Cc1n[nH]c(C)c1CCc1nncn1-c1cccnc1. The molecule has 0 aliphatic heterocycles. The van der Waals surface area contributed by atoms with Crippen molar-refractivity contribution in [3.05, 3.63) is 53.6 Å². The summed E-state index contributed by atoms with van der Waals surface area (Å²) in [5.41, 5.74) is 4.41. The molecule has 0 saturated heterocycles. The first-order valence-electron chi connectivity index (χ1n) is 6.55. The second kappa shape index (κ2) is 5.24. The molecular weight excluding hydrogens is 252 g/mol. The summed E-state index contributed by atoms with van der Waals surface area (Å²) in [6.45, 7) is 4.06. The predicted molar refractivity (Wildman–Crippen MR) is 74.6 cm³/mol. The van der Waals surface area contributed by atoms with Crippen molar-refractivity contribution in [3.63, 3.8) is 0 Å². The van der Waals surface area contributed by atoms with Gasteiger partial charge in [-0.25, -0.2) is 0 Å². The molecule has 3 aromatic heterocycles. The third kappa shape index (κ3) is 2.32. The van der Waals surface area contributed by atoms with E-state index in [2.05, 4.69) is 25.4 Å². The highest BCUT2D eigenvalue weighted by Crippen LogP contribution is 2.14. The van der Waals surface area contributed by atoms with Crippen LogP contribution in [0.1, 0.15) is 22.8 Å².